The number of nitrogens with two attached hydrogens (primary N) is 1. The van der Waals surface area contributed by atoms with Gasteiger partial charge in [-0.3, -0.25) is 4.79 Å². The number of hydrogen-bond donors (Lipinski definition) is 1. The third kappa shape index (κ3) is 5.42. The fraction of sp³-hybridized carbons (Fsp3) is 0.929. The molecular weight excluding hydrogens is 236 g/mol. The molecule has 0 aliphatic heterocycles. The summed E-state index contributed by atoms with van der Waals surface area (Å²) in [5, 5.41) is 0. The highest BCUT2D eigenvalue weighted by atomic mass is 19.3. The van der Waals surface area contributed by atoms with Gasteiger partial charge < -0.3 is 5.73 Å². The maximum atomic E-state index is 13.0. The lowest BCUT2D eigenvalue weighted by molar-refractivity contribution is -0.120. The summed E-state index contributed by atoms with van der Waals surface area (Å²) in [7, 11) is 0. The quantitative estimate of drug-likeness (QED) is 0.761. The molecule has 18 heavy (non-hydrogen) atoms. The van der Waals surface area contributed by atoms with Crippen molar-refractivity contribution in [3.63, 3.8) is 0 Å². The van der Waals surface area contributed by atoms with Gasteiger partial charge in [-0.15, -0.1) is 0 Å². The third-order valence-electron chi connectivity index (χ3n) is 3.92. The molecule has 0 bridgehead atoms. The Labute approximate surface area is 108 Å². The van der Waals surface area contributed by atoms with E-state index in [2.05, 4.69) is 13.8 Å². The summed E-state index contributed by atoms with van der Waals surface area (Å²) in [5.74, 6) is -2.52. The molecule has 0 spiro atoms. The molecular formula is C14H25F2NO. The second-order valence-corrected chi connectivity index (χ2v) is 6.41. The van der Waals surface area contributed by atoms with Crippen LogP contribution in [0.3, 0.4) is 0 Å². The molecule has 2 N–H and O–H groups in total. The first kappa shape index (κ1) is 15.5. The fourth-order valence-corrected chi connectivity index (χ4v) is 2.63. The number of ketones is 1. The lowest BCUT2D eigenvalue weighted by Gasteiger charge is -2.23. The number of rotatable bonds is 7. The van der Waals surface area contributed by atoms with Crippen molar-refractivity contribution in [3.8, 4) is 0 Å². The van der Waals surface area contributed by atoms with Gasteiger partial charge in [0, 0.05) is 25.7 Å². The topological polar surface area (TPSA) is 43.1 Å². The molecule has 106 valence electrons. The summed E-state index contributed by atoms with van der Waals surface area (Å²) in [6, 6.07) is 0. The van der Waals surface area contributed by atoms with Gasteiger partial charge in [-0.05, 0) is 37.1 Å². The first-order valence-corrected chi connectivity index (χ1v) is 6.84. The van der Waals surface area contributed by atoms with Gasteiger partial charge in [-0.1, -0.05) is 13.8 Å². The molecule has 2 nitrogen and oxygen atoms in total. The van der Waals surface area contributed by atoms with Crippen LogP contribution in [0.15, 0.2) is 0 Å². The van der Waals surface area contributed by atoms with E-state index in [0.717, 1.165) is 12.8 Å². The predicted octanol–water partition coefficient (Wildman–Crippen LogP) is 3.54. The first-order valence-electron chi connectivity index (χ1n) is 6.84. The van der Waals surface area contributed by atoms with Crippen molar-refractivity contribution in [3.05, 3.63) is 0 Å². The van der Waals surface area contributed by atoms with E-state index in [4.69, 9.17) is 5.73 Å². The van der Waals surface area contributed by atoms with Gasteiger partial charge in [-0.2, -0.15) is 0 Å². The minimum Gasteiger partial charge on any atom is -0.330 e. The fourth-order valence-electron chi connectivity index (χ4n) is 2.63. The van der Waals surface area contributed by atoms with Crippen LogP contribution in [0.2, 0.25) is 0 Å². The number of Topliss-reactive ketones (excluding diaryl/α,β-unsaturated/α-hetero) is 1. The molecule has 1 unspecified atom stereocenters. The van der Waals surface area contributed by atoms with Crippen molar-refractivity contribution in [1.29, 1.82) is 0 Å². The monoisotopic (exact) mass is 261 g/mol. The highest BCUT2D eigenvalue weighted by Gasteiger charge is 2.39. The lowest BCUT2D eigenvalue weighted by Crippen LogP contribution is -2.19. The minimum absolute atomic E-state index is 0.0520. The number of hydrogen-bond acceptors (Lipinski definition) is 2. The number of carbonyl (C=O) groups is 1. The van der Waals surface area contributed by atoms with Gasteiger partial charge in [0.25, 0.3) is 0 Å². The standard InChI is InChI=1S/C14H25F2NO/c1-13(2,7-8-17)5-4-12(18)9-11-3-6-14(15,16)10-11/h11H,3-10,17H2,1-2H3. The highest BCUT2D eigenvalue weighted by molar-refractivity contribution is 5.78. The molecule has 1 rings (SSSR count). The maximum Gasteiger partial charge on any atom is 0.248 e. The minimum atomic E-state index is -2.54. The van der Waals surface area contributed by atoms with E-state index in [1.807, 2.05) is 0 Å². The van der Waals surface area contributed by atoms with Crippen LogP contribution >= 0.6 is 0 Å². The van der Waals surface area contributed by atoms with Gasteiger partial charge in [0.05, 0.1) is 0 Å². The summed E-state index contributed by atoms with van der Waals surface area (Å²) in [4.78, 5) is 11.8. The zero-order chi connectivity index (χ0) is 13.8. The van der Waals surface area contributed by atoms with E-state index < -0.39 is 5.92 Å². The highest BCUT2D eigenvalue weighted by Crippen LogP contribution is 2.40. The molecule has 1 atom stereocenters. The van der Waals surface area contributed by atoms with Crippen molar-refractivity contribution in [1.82, 2.24) is 0 Å². The number of alkyl halides is 2. The van der Waals surface area contributed by atoms with Crippen LogP contribution < -0.4 is 5.73 Å². The van der Waals surface area contributed by atoms with Crippen LogP contribution in [-0.4, -0.2) is 18.3 Å². The van der Waals surface area contributed by atoms with Crippen LogP contribution in [0.4, 0.5) is 8.78 Å². The summed E-state index contributed by atoms with van der Waals surface area (Å²) < 4.78 is 26.0. The Morgan fingerprint density at radius 2 is 2.06 bits per heavy atom. The molecule has 4 heteroatoms. The van der Waals surface area contributed by atoms with Crippen LogP contribution in [0.5, 0.6) is 0 Å². The van der Waals surface area contributed by atoms with E-state index in [9.17, 15) is 13.6 Å². The van der Waals surface area contributed by atoms with Gasteiger partial charge in [0.15, 0.2) is 0 Å². The van der Waals surface area contributed by atoms with Crippen molar-refractivity contribution in [2.75, 3.05) is 6.54 Å². The van der Waals surface area contributed by atoms with Crippen LogP contribution in [-0.2, 0) is 4.79 Å². The zero-order valence-corrected chi connectivity index (χ0v) is 11.5. The van der Waals surface area contributed by atoms with Crippen molar-refractivity contribution in [2.24, 2.45) is 17.1 Å². The van der Waals surface area contributed by atoms with Gasteiger partial charge in [0.1, 0.15) is 5.78 Å². The molecule has 0 aromatic rings. The SMILES string of the molecule is CC(C)(CCN)CCC(=O)CC1CCC(F)(F)C1. The largest absolute Gasteiger partial charge is 0.330 e. The van der Waals surface area contributed by atoms with Gasteiger partial charge in [-0.25, -0.2) is 8.78 Å². The predicted molar refractivity (Wildman–Crippen MR) is 68.6 cm³/mol. The second kappa shape index (κ2) is 6.09. The lowest BCUT2D eigenvalue weighted by atomic mass is 9.83. The van der Waals surface area contributed by atoms with Crippen LogP contribution in [0.25, 0.3) is 0 Å². The van der Waals surface area contributed by atoms with E-state index in [1.165, 1.54) is 0 Å². The van der Waals surface area contributed by atoms with Crippen molar-refractivity contribution in [2.45, 2.75) is 64.7 Å². The van der Waals surface area contributed by atoms with E-state index >= 15 is 0 Å². The Balaban J connectivity index is 2.26. The van der Waals surface area contributed by atoms with Crippen LogP contribution in [0.1, 0.15) is 58.8 Å². The Kier molecular flexibility index (Phi) is 5.26. The average molecular weight is 261 g/mol. The molecule has 1 fully saturated rings. The van der Waals surface area contributed by atoms with E-state index in [-0.39, 0.29) is 30.0 Å². The molecule has 1 aliphatic rings. The Hall–Kier alpha value is -0.510. The van der Waals surface area contributed by atoms with Crippen molar-refractivity contribution < 1.29 is 13.6 Å². The molecule has 0 amide bonds. The molecule has 0 radical (unpaired) electrons. The molecule has 0 saturated heterocycles. The average Bonchev–Trinajstić information content (AvgIpc) is 2.55. The molecule has 0 aromatic heterocycles. The van der Waals surface area contributed by atoms with Crippen LogP contribution in [0, 0.1) is 11.3 Å². The normalized spacial score (nSPS) is 23.3. The summed E-state index contributed by atoms with van der Waals surface area (Å²) in [6.45, 7) is 4.81. The second-order valence-electron chi connectivity index (χ2n) is 6.41. The van der Waals surface area contributed by atoms with E-state index in [1.54, 1.807) is 0 Å². The molecule has 1 saturated carbocycles. The summed E-state index contributed by atoms with van der Waals surface area (Å²) in [6.07, 6.45) is 2.84. The van der Waals surface area contributed by atoms with Crippen molar-refractivity contribution >= 4 is 5.78 Å². The van der Waals surface area contributed by atoms with Gasteiger partial charge in [0.2, 0.25) is 5.92 Å². The Bertz CT molecular complexity index is 290. The number of carbonyl (C=O) groups excluding carboxylic acids is 1. The summed E-state index contributed by atoms with van der Waals surface area (Å²) >= 11 is 0. The first-order chi connectivity index (χ1) is 8.24. The smallest absolute Gasteiger partial charge is 0.248 e. The third-order valence-corrected chi connectivity index (χ3v) is 3.92. The Morgan fingerprint density at radius 3 is 2.56 bits per heavy atom. The number of halogens is 2. The molecule has 1 aliphatic carbocycles. The maximum absolute atomic E-state index is 13.0. The molecule has 0 heterocycles. The van der Waals surface area contributed by atoms with E-state index in [0.29, 0.717) is 25.8 Å². The Morgan fingerprint density at radius 1 is 1.39 bits per heavy atom. The zero-order valence-electron chi connectivity index (χ0n) is 11.5. The molecule has 0 aromatic carbocycles. The summed E-state index contributed by atoms with van der Waals surface area (Å²) in [5.41, 5.74) is 5.59. The van der Waals surface area contributed by atoms with Gasteiger partial charge >= 0.3 is 0 Å².